The van der Waals surface area contributed by atoms with E-state index in [1.54, 1.807) is 18.2 Å². The van der Waals surface area contributed by atoms with Crippen LogP contribution in [0.1, 0.15) is 10.5 Å². The normalized spacial score (nSPS) is 10.2. The number of carboxylic acids is 1. The minimum atomic E-state index is -1.27. The van der Waals surface area contributed by atoms with Crippen LogP contribution in [0.15, 0.2) is 34.8 Å². The fourth-order valence-electron chi connectivity index (χ4n) is 1.53. The van der Waals surface area contributed by atoms with Gasteiger partial charge in [0.05, 0.1) is 10.6 Å². The van der Waals surface area contributed by atoms with Crippen LogP contribution in [0.5, 0.6) is 0 Å². The molecule has 0 unspecified atom stereocenters. The van der Waals surface area contributed by atoms with Gasteiger partial charge in [-0.15, -0.1) is 0 Å². The number of anilines is 2. The molecule has 0 bridgehead atoms. The summed E-state index contributed by atoms with van der Waals surface area (Å²) >= 11 is 9.06. The van der Waals surface area contributed by atoms with Crippen LogP contribution in [0.3, 0.4) is 0 Å². The van der Waals surface area contributed by atoms with Crippen molar-refractivity contribution >= 4 is 50.7 Å². The van der Waals surface area contributed by atoms with Crippen molar-refractivity contribution in [2.75, 3.05) is 5.32 Å². The molecule has 0 saturated heterocycles. The van der Waals surface area contributed by atoms with Gasteiger partial charge in [-0.1, -0.05) is 11.6 Å². The van der Waals surface area contributed by atoms with E-state index in [4.69, 9.17) is 16.7 Å². The first-order chi connectivity index (χ1) is 9.88. The quantitative estimate of drug-likeness (QED) is 0.624. The van der Waals surface area contributed by atoms with E-state index in [9.17, 15) is 14.9 Å². The Balaban J connectivity index is 2.48. The molecule has 0 atom stereocenters. The third kappa shape index (κ3) is 3.47. The Morgan fingerprint density at radius 1 is 1.38 bits per heavy atom. The van der Waals surface area contributed by atoms with Gasteiger partial charge in [-0.05, 0) is 40.2 Å². The summed E-state index contributed by atoms with van der Waals surface area (Å²) in [5.41, 5.74) is -0.160. The molecule has 1 aromatic heterocycles. The van der Waals surface area contributed by atoms with E-state index in [-0.39, 0.29) is 17.2 Å². The number of nitrogens with zero attached hydrogens (tertiary/aromatic N) is 2. The molecule has 0 spiro atoms. The minimum absolute atomic E-state index is 0.164. The van der Waals surface area contributed by atoms with Gasteiger partial charge in [-0.3, -0.25) is 10.1 Å². The van der Waals surface area contributed by atoms with Crippen molar-refractivity contribution in [3.63, 3.8) is 0 Å². The number of hydrogen-bond donors (Lipinski definition) is 2. The average molecular weight is 373 g/mol. The van der Waals surface area contributed by atoms with E-state index in [1.807, 2.05) is 0 Å². The second-order valence-corrected chi connectivity index (χ2v) is 5.17. The summed E-state index contributed by atoms with van der Waals surface area (Å²) < 4.78 is 0.562. The molecule has 0 fully saturated rings. The van der Waals surface area contributed by atoms with Gasteiger partial charge >= 0.3 is 11.7 Å². The van der Waals surface area contributed by atoms with Crippen molar-refractivity contribution in [3.8, 4) is 0 Å². The van der Waals surface area contributed by atoms with Gasteiger partial charge in [0.15, 0.2) is 5.69 Å². The van der Waals surface area contributed by atoms with Crippen LogP contribution < -0.4 is 5.32 Å². The Labute approximate surface area is 131 Å². The van der Waals surface area contributed by atoms with Gasteiger partial charge in [-0.2, -0.15) is 0 Å². The fraction of sp³-hybridized carbons (Fsp3) is 0. The third-order valence-electron chi connectivity index (χ3n) is 2.47. The number of carbonyl (C=O) groups is 1. The Morgan fingerprint density at radius 2 is 2.10 bits per heavy atom. The lowest BCUT2D eigenvalue weighted by Gasteiger charge is -2.09. The van der Waals surface area contributed by atoms with Crippen LogP contribution in [-0.4, -0.2) is 21.0 Å². The highest BCUT2D eigenvalue weighted by Crippen LogP contribution is 2.31. The van der Waals surface area contributed by atoms with Crippen molar-refractivity contribution in [1.29, 1.82) is 0 Å². The molecule has 0 amide bonds. The number of pyridine rings is 1. The fourth-order valence-corrected chi connectivity index (χ4v) is 2.31. The van der Waals surface area contributed by atoms with Crippen LogP contribution in [0.25, 0.3) is 0 Å². The lowest BCUT2D eigenvalue weighted by Crippen LogP contribution is -2.06. The first kappa shape index (κ1) is 15.2. The van der Waals surface area contributed by atoms with Gasteiger partial charge in [-0.25, -0.2) is 9.78 Å². The maximum Gasteiger partial charge on any atom is 0.354 e. The summed E-state index contributed by atoms with van der Waals surface area (Å²) in [6, 6.07) is 6.93. The number of aromatic nitrogens is 1. The molecule has 1 heterocycles. The SMILES string of the molecule is O=C(O)c1ccc([N+](=O)[O-])c(Nc2ccc(Cl)cc2Br)n1. The lowest BCUT2D eigenvalue weighted by molar-refractivity contribution is -0.384. The Kier molecular flexibility index (Phi) is 4.39. The zero-order valence-corrected chi connectivity index (χ0v) is 12.6. The summed E-state index contributed by atoms with van der Waals surface area (Å²) in [5.74, 6) is -1.44. The Hall–Kier alpha value is -2.19. The molecular weight excluding hydrogens is 366 g/mol. The number of nitrogens with one attached hydrogen (secondary N) is 1. The molecule has 1 aromatic carbocycles. The second-order valence-electron chi connectivity index (χ2n) is 3.88. The summed E-state index contributed by atoms with van der Waals surface area (Å²) in [6.45, 7) is 0. The largest absolute Gasteiger partial charge is 0.477 e. The highest BCUT2D eigenvalue weighted by molar-refractivity contribution is 9.10. The number of hydrogen-bond acceptors (Lipinski definition) is 5. The van der Waals surface area contributed by atoms with Crippen molar-refractivity contribution in [2.24, 2.45) is 0 Å². The molecule has 21 heavy (non-hydrogen) atoms. The van der Waals surface area contributed by atoms with Crippen LogP contribution in [0.2, 0.25) is 5.02 Å². The van der Waals surface area contributed by atoms with E-state index < -0.39 is 10.9 Å². The molecule has 2 N–H and O–H groups in total. The van der Waals surface area contributed by atoms with Gasteiger partial charge in [0.2, 0.25) is 5.82 Å². The average Bonchev–Trinajstić information content (AvgIpc) is 2.41. The molecule has 2 rings (SSSR count). The van der Waals surface area contributed by atoms with Crippen molar-refractivity contribution in [3.05, 3.63) is 55.6 Å². The smallest absolute Gasteiger partial charge is 0.354 e. The summed E-state index contributed by atoms with van der Waals surface area (Å²) in [6.07, 6.45) is 0. The predicted octanol–water partition coefficient (Wildman–Crippen LogP) is 3.85. The summed E-state index contributed by atoms with van der Waals surface area (Å²) in [4.78, 5) is 25.0. The topological polar surface area (TPSA) is 105 Å². The number of aromatic carboxylic acids is 1. The zero-order valence-electron chi connectivity index (χ0n) is 10.2. The Morgan fingerprint density at radius 3 is 2.67 bits per heavy atom. The maximum atomic E-state index is 11.0. The number of rotatable bonds is 4. The van der Waals surface area contributed by atoms with Crippen LogP contribution in [-0.2, 0) is 0 Å². The number of halogens is 2. The first-order valence-corrected chi connectivity index (χ1v) is 6.66. The predicted molar refractivity (Wildman–Crippen MR) is 80.3 cm³/mol. The van der Waals surface area contributed by atoms with E-state index in [0.29, 0.717) is 15.2 Å². The molecule has 0 aliphatic carbocycles. The Bertz CT molecular complexity index is 738. The van der Waals surface area contributed by atoms with Crippen molar-refractivity contribution < 1.29 is 14.8 Å². The lowest BCUT2D eigenvalue weighted by atomic mass is 10.3. The van der Waals surface area contributed by atoms with Gasteiger partial charge in [0.25, 0.3) is 0 Å². The first-order valence-electron chi connectivity index (χ1n) is 5.49. The van der Waals surface area contributed by atoms with Crippen LogP contribution in [0.4, 0.5) is 17.2 Å². The molecule has 0 aliphatic heterocycles. The van der Waals surface area contributed by atoms with Crippen LogP contribution in [0, 0.1) is 10.1 Å². The molecule has 0 radical (unpaired) electrons. The maximum absolute atomic E-state index is 11.0. The molecule has 108 valence electrons. The molecule has 9 heteroatoms. The molecule has 7 nitrogen and oxygen atoms in total. The second kappa shape index (κ2) is 6.06. The number of nitro groups is 1. The standard InChI is InChI=1S/C12H7BrClN3O4/c13-7-5-6(14)1-2-8(7)15-11-10(17(20)21)4-3-9(16-11)12(18)19/h1-5H,(H,15,16)(H,18,19). The third-order valence-corrected chi connectivity index (χ3v) is 3.37. The van der Waals surface area contributed by atoms with Crippen molar-refractivity contribution in [1.82, 2.24) is 4.98 Å². The summed E-state index contributed by atoms with van der Waals surface area (Å²) in [5, 5.41) is 23.1. The molecule has 2 aromatic rings. The summed E-state index contributed by atoms with van der Waals surface area (Å²) in [7, 11) is 0. The number of carboxylic acid groups (broad SMARTS) is 1. The highest BCUT2D eigenvalue weighted by atomic mass is 79.9. The van der Waals surface area contributed by atoms with Gasteiger partial charge in [0, 0.05) is 15.6 Å². The minimum Gasteiger partial charge on any atom is -0.477 e. The van der Waals surface area contributed by atoms with Crippen molar-refractivity contribution in [2.45, 2.75) is 0 Å². The van der Waals surface area contributed by atoms with E-state index >= 15 is 0 Å². The highest BCUT2D eigenvalue weighted by Gasteiger charge is 2.19. The number of benzene rings is 1. The van der Waals surface area contributed by atoms with E-state index in [0.717, 1.165) is 12.1 Å². The van der Waals surface area contributed by atoms with E-state index in [1.165, 1.54) is 0 Å². The van der Waals surface area contributed by atoms with Crippen LogP contribution >= 0.6 is 27.5 Å². The monoisotopic (exact) mass is 371 g/mol. The van der Waals surface area contributed by atoms with Gasteiger partial charge in [0.1, 0.15) is 0 Å². The zero-order chi connectivity index (χ0) is 15.6. The van der Waals surface area contributed by atoms with Gasteiger partial charge < -0.3 is 10.4 Å². The molecule has 0 saturated carbocycles. The molecular formula is C12H7BrClN3O4. The van der Waals surface area contributed by atoms with E-state index in [2.05, 4.69) is 26.2 Å². The molecule has 0 aliphatic rings.